The van der Waals surface area contributed by atoms with Crippen LogP contribution in [0.15, 0.2) is 154 Å². The molecule has 0 amide bonds. The maximum absolute atomic E-state index is 13.7. The Morgan fingerprint density at radius 3 is 2.00 bits per heavy atom. The minimum Gasteiger partial charge on any atom is -0.506 e. The van der Waals surface area contributed by atoms with Crippen LogP contribution in [-0.4, -0.2) is 101 Å². The molecule has 0 fully saturated rings. The van der Waals surface area contributed by atoms with Crippen molar-refractivity contribution in [3.8, 4) is 11.4 Å². The average Bonchev–Trinajstić information content (AvgIpc) is 3.58. The summed E-state index contributed by atoms with van der Waals surface area (Å²) in [4.78, 5) is 61.9. The third kappa shape index (κ3) is 9.56. The minimum absolute atomic E-state index is 0.0584. The lowest BCUT2D eigenvalue weighted by molar-refractivity contribution is -0.115. The van der Waals surface area contributed by atoms with Crippen LogP contribution in [-0.2, 0) is 54.9 Å². The molecule has 4 aliphatic rings. The number of phenolic OH excluding ortho intramolecular Hbond substituents is 1. The summed E-state index contributed by atoms with van der Waals surface area (Å²) in [6.07, 6.45) is 6.78. The number of hydrazone groups is 2. The predicted octanol–water partition coefficient (Wildman–Crippen LogP) is 1.65. The highest BCUT2D eigenvalue weighted by atomic mass is 32.2. The third-order valence-corrected chi connectivity index (χ3v) is 14.1. The lowest BCUT2D eigenvalue weighted by Gasteiger charge is -2.24. The highest BCUT2D eigenvalue weighted by Gasteiger charge is 2.40. The van der Waals surface area contributed by atoms with E-state index in [9.17, 15) is 81.0 Å². The number of Topliss-reactive ketones (excluding diaryl/α,β-unsaturated/α-hetero) is 3. The zero-order valence-electron chi connectivity index (χ0n) is 35.8. The fourth-order valence-electron chi connectivity index (χ4n) is 7.27. The Labute approximate surface area is 404 Å². The number of aromatic hydroxyl groups is 1. The number of nitrogens with zero attached hydrogens (tertiary/aromatic N) is 3. The Morgan fingerprint density at radius 1 is 0.667 bits per heavy atom. The van der Waals surface area contributed by atoms with Crippen molar-refractivity contribution in [1.82, 2.24) is 20.6 Å². The van der Waals surface area contributed by atoms with Crippen molar-refractivity contribution in [2.45, 2.75) is 16.7 Å². The van der Waals surface area contributed by atoms with Gasteiger partial charge >= 0.3 is 0 Å². The van der Waals surface area contributed by atoms with Gasteiger partial charge in [0.15, 0.2) is 5.71 Å². The summed E-state index contributed by atoms with van der Waals surface area (Å²) < 4.78 is 139. The second kappa shape index (κ2) is 18.0. The molecule has 0 saturated heterocycles. The van der Waals surface area contributed by atoms with E-state index in [1.165, 1.54) is 41.1 Å². The van der Waals surface area contributed by atoms with Gasteiger partial charge in [0.25, 0.3) is 46.0 Å². The van der Waals surface area contributed by atoms with Crippen molar-refractivity contribution >= 4 is 98.1 Å². The molecule has 72 heavy (non-hydrogen) atoms. The smallest absolute Gasteiger partial charge is 0.296 e. The Bertz CT molecular complexity index is 4020. The van der Waals surface area contributed by atoms with Crippen molar-refractivity contribution in [3.05, 3.63) is 162 Å². The molecule has 0 bridgehead atoms. The average molecular weight is 1060 g/mol. The summed E-state index contributed by atoms with van der Waals surface area (Å²) >= 11 is 0. The predicted molar refractivity (Wildman–Crippen MR) is 253 cm³/mol. The largest absolute Gasteiger partial charge is 0.506 e. The van der Waals surface area contributed by atoms with Gasteiger partial charge in [-0.2, -0.15) is 43.9 Å². The number of carbonyl (C=O) groups excluding carboxylic acids is 4. The van der Waals surface area contributed by atoms with Crippen LogP contribution in [0.25, 0.3) is 17.3 Å². The molecular weight excluding hydrogens is 1030 g/mol. The fraction of sp³-hybridized carbons (Fsp3) is 0.0238. The van der Waals surface area contributed by atoms with Gasteiger partial charge in [-0.05, 0) is 96.5 Å². The van der Waals surface area contributed by atoms with Crippen LogP contribution < -0.4 is 27.3 Å². The molecule has 1 aromatic heterocycles. The molecule has 8 rings (SSSR count). The Hall–Kier alpha value is -8.49. The van der Waals surface area contributed by atoms with Crippen LogP contribution in [0.1, 0.15) is 27.2 Å². The third-order valence-electron chi connectivity index (χ3n) is 10.7. The minimum atomic E-state index is -5.52. The number of phenols is 1. The molecule has 30 heteroatoms. The summed E-state index contributed by atoms with van der Waals surface area (Å²) in [6.45, 7) is 1.64. The zero-order valence-corrected chi connectivity index (χ0v) is 39.1. The van der Waals surface area contributed by atoms with Gasteiger partial charge in [0.2, 0.25) is 23.1 Å². The molecule has 26 nitrogen and oxygen atoms in total. The number of H-pyrrole nitrogens is 1. The van der Waals surface area contributed by atoms with Gasteiger partial charge in [-0.3, -0.25) is 69.0 Å². The van der Waals surface area contributed by atoms with E-state index in [0.717, 1.165) is 12.2 Å². The molecule has 10 N–H and O–H groups in total. The number of rotatable bonds is 13. The molecule has 370 valence electrons. The van der Waals surface area contributed by atoms with Gasteiger partial charge in [-0.25, -0.2) is 4.68 Å². The lowest BCUT2D eigenvalue weighted by atomic mass is 9.87. The Balaban J connectivity index is 1.00. The van der Waals surface area contributed by atoms with E-state index in [-0.39, 0.29) is 23.2 Å². The topological polar surface area (TPSA) is 417 Å². The molecule has 4 aliphatic carbocycles. The number of benzene rings is 3. The first-order valence-corrected chi connectivity index (χ1v) is 25.6. The van der Waals surface area contributed by atoms with Crippen molar-refractivity contribution in [2.75, 3.05) is 10.9 Å². The van der Waals surface area contributed by atoms with Crippen molar-refractivity contribution in [1.29, 1.82) is 0 Å². The number of anilines is 2. The van der Waals surface area contributed by atoms with E-state index < -0.39 is 134 Å². The van der Waals surface area contributed by atoms with Crippen LogP contribution >= 0.6 is 0 Å². The van der Waals surface area contributed by atoms with Crippen LogP contribution in [0.5, 0.6) is 5.75 Å². The summed E-state index contributed by atoms with van der Waals surface area (Å²) in [5.41, 5.74) is 4.32. The number of aryl methyl sites for hydroxylation is 1. The number of ketones is 4. The number of aromatic nitrogens is 2. The Morgan fingerprint density at radius 2 is 1.38 bits per heavy atom. The summed E-state index contributed by atoms with van der Waals surface area (Å²) in [7, 11) is -21.7. The van der Waals surface area contributed by atoms with Gasteiger partial charge in [0.1, 0.15) is 43.2 Å². The number of hydrazine groups is 1. The number of hydrogen-bond acceptors (Lipinski definition) is 20. The summed E-state index contributed by atoms with van der Waals surface area (Å²) in [6, 6.07) is 13.2. The van der Waals surface area contributed by atoms with Crippen LogP contribution in [0.3, 0.4) is 0 Å². The molecule has 1 heterocycles. The Kier molecular flexibility index (Phi) is 12.5. The van der Waals surface area contributed by atoms with Crippen molar-refractivity contribution < 1.29 is 76.2 Å². The van der Waals surface area contributed by atoms with Gasteiger partial charge < -0.3 is 5.11 Å². The molecule has 0 unspecified atom stereocenters. The standard InChI is InChI=1S/C42H30N8O18S4/c1-19-36(42(56)50(49-19)23-5-3-2-4-6-23)46-43-27-10-7-20(14-30(27)51)21-8-11-28(31(52)15-21)44-47-37-34(72(66,67)68)18-26-25(40(37)54)9-12-29(39(26)53)45-48-38-33(71(63,64)65)16-22-13-24(69(57,58)59)17-32(70(60,61)62)35(22)41(38)55/h2-18,44-47,49,52H,1H3,(H,57,58,59)(H,60,61,62)(H,63,64,65)(H,66,67,68). The van der Waals surface area contributed by atoms with Gasteiger partial charge in [-0.1, -0.05) is 30.3 Å². The number of aromatic amines is 1. The van der Waals surface area contributed by atoms with E-state index in [2.05, 4.69) is 31.6 Å². The summed E-state index contributed by atoms with van der Waals surface area (Å²) in [5, 5.41) is 21.5. The number of fused-ring (bicyclic) bond motifs is 2. The van der Waals surface area contributed by atoms with E-state index in [1.807, 2.05) is 5.43 Å². The van der Waals surface area contributed by atoms with Gasteiger partial charge in [0, 0.05) is 11.1 Å². The van der Waals surface area contributed by atoms with E-state index >= 15 is 0 Å². The number of carbonyl (C=O) groups is 4. The maximum atomic E-state index is 13.7. The second-order valence-electron chi connectivity index (χ2n) is 15.3. The van der Waals surface area contributed by atoms with Crippen LogP contribution in [0.4, 0.5) is 11.4 Å². The number of nitrogens with one attached hydrogen (secondary N) is 5. The quantitative estimate of drug-likeness (QED) is 0.0394. The normalized spacial score (nSPS) is 17.4. The van der Waals surface area contributed by atoms with Crippen molar-refractivity contribution in [2.24, 2.45) is 10.2 Å². The molecule has 4 aromatic rings. The molecule has 0 radical (unpaired) electrons. The molecule has 0 aliphatic heterocycles. The molecule has 0 atom stereocenters. The molecule has 0 spiro atoms. The molecular formula is C42H30N8O18S4. The second-order valence-corrected chi connectivity index (χ2v) is 20.9. The monoisotopic (exact) mass is 1060 g/mol. The SMILES string of the molecule is Cc1[nH]n(-c2ccccc2)c(=O)c1NN=C1C=CC(c2ccc(NNC3=C(S(=O)(=O)O)C=C4C(=O)C(NN=C5C(=O)c6c(cc(S(=O)(=O)O)cc6S(=O)(=O)O)C=C5S(=O)(=O)O)=CC=C4C3=O)c(O)c2)=CC1=O. The van der Waals surface area contributed by atoms with Crippen LogP contribution in [0, 0.1) is 6.92 Å². The number of allylic oxidation sites excluding steroid dienone is 10. The van der Waals surface area contributed by atoms with Gasteiger partial charge in [0.05, 0.1) is 27.5 Å². The molecule has 0 saturated carbocycles. The zero-order chi connectivity index (χ0) is 52.4. The lowest BCUT2D eigenvalue weighted by Crippen LogP contribution is -2.35. The number of hydrogen-bond donors (Lipinski definition) is 10. The van der Waals surface area contributed by atoms with E-state index in [0.29, 0.717) is 40.7 Å². The maximum Gasteiger partial charge on any atom is 0.296 e. The highest BCUT2D eigenvalue weighted by molar-refractivity contribution is 7.91. The van der Waals surface area contributed by atoms with Crippen LogP contribution in [0.2, 0.25) is 0 Å². The number of para-hydroxylation sites is 1. The first kappa shape index (κ1) is 49.9. The fourth-order valence-corrected chi connectivity index (χ4v) is 9.95. The van der Waals surface area contributed by atoms with Crippen molar-refractivity contribution in [3.63, 3.8) is 0 Å². The summed E-state index contributed by atoms with van der Waals surface area (Å²) in [5.74, 6) is -5.27. The first-order valence-electron chi connectivity index (χ1n) is 19.8. The van der Waals surface area contributed by atoms with E-state index in [1.54, 1.807) is 37.3 Å². The highest BCUT2D eigenvalue weighted by Crippen LogP contribution is 2.35. The van der Waals surface area contributed by atoms with Gasteiger partial charge in [-0.15, -0.1) is 0 Å². The first-order chi connectivity index (χ1) is 33.6. The molecule has 3 aromatic carbocycles. The van der Waals surface area contributed by atoms with E-state index in [4.69, 9.17) is 0 Å².